The molecule has 0 radical (unpaired) electrons. The first kappa shape index (κ1) is 16.8. The summed E-state index contributed by atoms with van der Waals surface area (Å²) in [6.45, 7) is 5.38. The van der Waals surface area contributed by atoms with Crippen molar-refractivity contribution >= 4 is 50.6 Å². The molecule has 1 rings (SSSR count). The van der Waals surface area contributed by atoms with E-state index >= 15 is 0 Å². The van der Waals surface area contributed by atoms with Crippen LogP contribution in [0.3, 0.4) is 0 Å². The van der Waals surface area contributed by atoms with Crippen LogP contribution >= 0.6 is 39.9 Å². The maximum atomic E-state index is 5.81. The molecule has 106 valence electrons. The minimum absolute atomic E-state index is 0.260. The fourth-order valence-electron chi connectivity index (χ4n) is 2.04. The molecule has 0 atom stereocenters. The predicted molar refractivity (Wildman–Crippen MR) is 95.3 cm³/mol. The molecule has 0 saturated carbocycles. The summed E-state index contributed by atoms with van der Waals surface area (Å²) in [5, 5.41) is 3.51. The van der Waals surface area contributed by atoms with Gasteiger partial charge in [-0.3, -0.25) is 0 Å². The fraction of sp³-hybridized carbons (Fsp3) is 0.500. The molecule has 0 bridgehead atoms. The fourth-order valence-corrected chi connectivity index (χ4v) is 3.76. The van der Waals surface area contributed by atoms with Gasteiger partial charge < -0.3 is 11.1 Å². The van der Waals surface area contributed by atoms with E-state index in [1.807, 2.05) is 30.0 Å². The zero-order valence-corrected chi connectivity index (χ0v) is 14.8. The summed E-state index contributed by atoms with van der Waals surface area (Å²) in [5.41, 5.74) is 7.70. The third kappa shape index (κ3) is 4.10. The lowest BCUT2D eigenvalue weighted by Crippen LogP contribution is -2.32. The molecular weight excluding hydrogens is 340 g/mol. The number of halogens is 1. The van der Waals surface area contributed by atoms with Gasteiger partial charge in [-0.2, -0.15) is 11.8 Å². The monoisotopic (exact) mass is 360 g/mol. The van der Waals surface area contributed by atoms with Crippen molar-refractivity contribution in [1.82, 2.24) is 0 Å². The second-order valence-electron chi connectivity index (χ2n) is 4.47. The molecule has 0 aliphatic carbocycles. The number of benzene rings is 1. The topological polar surface area (TPSA) is 38.0 Å². The molecule has 1 aromatic carbocycles. The summed E-state index contributed by atoms with van der Waals surface area (Å²) < 4.78 is 1.20. The minimum Gasteiger partial charge on any atom is -0.389 e. The zero-order chi connectivity index (χ0) is 14.5. The average Bonchev–Trinajstić information content (AvgIpc) is 2.40. The highest BCUT2D eigenvalue weighted by Gasteiger charge is 2.25. The van der Waals surface area contributed by atoms with Gasteiger partial charge in [0.25, 0.3) is 0 Å². The summed E-state index contributed by atoms with van der Waals surface area (Å²) in [4.78, 5) is 0.415. The van der Waals surface area contributed by atoms with Gasteiger partial charge in [-0.15, -0.1) is 0 Å². The van der Waals surface area contributed by atoms with Crippen molar-refractivity contribution in [2.75, 3.05) is 18.1 Å². The molecule has 0 fully saturated rings. The SMILES string of the molecule is CCC(CC)(CNc1cccc(Br)c1C(N)=S)SC. The molecule has 0 unspecified atom stereocenters. The minimum atomic E-state index is 0.260. The van der Waals surface area contributed by atoms with E-state index in [-0.39, 0.29) is 4.75 Å². The van der Waals surface area contributed by atoms with Crippen LogP contribution in [0.5, 0.6) is 0 Å². The van der Waals surface area contributed by atoms with Gasteiger partial charge in [-0.1, -0.05) is 32.1 Å². The van der Waals surface area contributed by atoms with E-state index in [9.17, 15) is 0 Å². The van der Waals surface area contributed by atoms with E-state index in [4.69, 9.17) is 18.0 Å². The van der Waals surface area contributed by atoms with Gasteiger partial charge in [0.1, 0.15) is 4.99 Å². The summed E-state index contributed by atoms with van der Waals surface area (Å²) in [7, 11) is 0. The molecule has 1 aromatic rings. The first-order valence-corrected chi connectivity index (χ1v) is 8.79. The van der Waals surface area contributed by atoms with E-state index < -0.39 is 0 Å². The third-order valence-corrected chi connectivity index (χ3v) is 6.04. The van der Waals surface area contributed by atoms with Crippen LogP contribution in [0.1, 0.15) is 32.3 Å². The summed E-state index contributed by atoms with van der Waals surface area (Å²) >= 11 is 10.6. The van der Waals surface area contributed by atoms with Crippen LogP contribution in [0.25, 0.3) is 0 Å². The van der Waals surface area contributed by atoms with Gasteiger partial charge in [0, 0.05) is 27.0 Å². The Hall–Kier alpha value is -0.260. The van der Waals surface area contributed by atoms with Crippen molar-refractivity contribution in [3.8, 4) is 0 Å². The van der Waals surface area contributed by atoms with Crippen LogP contribution < -0.4 is 11.1 Å². The standard InChI is InChI=1S/C14H21BrN2S2/c1-4-14(5-2,19-3)9-17-11-8-6-7-10(15)12(11)13(16)18/h6-8,17H,4-5,9H2,1-3H3,(H2,16,18). The zero-order valence-electron chi connectivity index (χ0n) is 11.6. The Bertz CT molecular complexity index is 437. The first-order valence-electron chi connectivity index (χ1n) is 6.37. The van der Waals surface area contributed by atoms with Crippen LogP contribution in [0.4, 0.5) is 5.69 Å². The van der Waals surface area contributed by atoms with Crippen molar-refractivity contribution < 1.29 is 0 Å². The number of nitrogens with two attached hydrogens (primary N) is 1. The Kier molecular flexibility index (Phi) is 6.63. The van der Waals surface area contributed by atoms with Gasteiger partial charge in [-0.05, 0) is 47.2 Å². The summed E-state index contributed by atoms with van der Waals surface area (Å²) in [6.07, 6.45) is 4.44. The van der Waals surface area contributed by atoms with Crippen LogP contribution in [-0.4, -0.2) is 22.5 Å². The largest absolute Gasteiger partial charge is 0.389 e. The lowest BCUT2D eigenvalue weighted by atomic mass is 10.0. The van der Waals surface area contributed by atoms with Crippen molar-refractivity contribution in [1.29, 1.82) is 0 Å². The highest BCUT2D eigenvalue weighted by Crippen LogP contribution is 2.32. The Morgan fingerprint density at radius 1 is 1.42 bits per heavy atom. The molecule has 19 heavy (non-hydrogen) atoms. The smallest absolute Gasteiger partial charge is 0.107 e. The molecule has 5 heteroatoms. The molecular formula is C14H21BrN2S2. The van der Waals surface area contributed by atoms with E-state index in [0.717, 1.165) is 35.1 Å². The van der Waals surface area contributed by atoms with E-state index in [1.54, 1.807) is 0 Å². The molecule has 0 heterocycles. The number of thioether (sulfide) groups is 1. The van der Waals surface area contributed by atoms with Crippen molar-refractivity contribution in [3.05, 3.63) is 28.2 Å². The highest BCUT2D eigenvalue weighted by molar-refractivity contribution is 9.10. The molecule has 0 aliphatic heterocycles. The predicted octanol–water partition coefficient (Wildman–Crippen LogP) is 4.42. The summed E-state index contributed by atoms with van der Waals surface area (Å²) in [6, 6.07) is 5.98. The molecule has 2 nitrogen and oxygen atoms in total. The molecule has 0 aromatic heterocycles. The number of rotatable bonds is 7. The lowest BCUT2D eigenvalue weighted by Gasteiger charge is -2.30. The lowest BCUT2D eigenvalue weighted by molar-refractivity contribution is 0.574. The second-order valence-corrected chi connectivity index (χ2v) is 7.04. The molecule has 3 N–H and O–H groups in total. The van der Waals surface area contributed by atoms with Gasteiger partial charge in [-0.25, -0.2) is 0 Å². The Morgan fingerprint density at radius 3 is 2.53 bits per heavy atom. The van der Waals surface area contributed by atoms with Gasteiger partial charge >= 0.3 is 0 Å². The molecule has 0 amide bonds. The number of thiocarbonyl (C=S) groups is 1. The Morgan fingerprint density at radius 2 is 2.05 bits per heavy atom. The normalized spacial score (nSPS) is 11.4. The van der Waals surface area contributed by atoms with Crippen LogP contribution in [0, 0.1) is 0 Å². The molecule has 0 spiro atoms. The van der Waals surface area contributed by atoms with E-state index in [1.165, 1.54) is 0 Å². The number of hydrogen-bond acceptors (Lipinski definition) is 3. The summed E-state index contributed by atoms with van der Waals surface area (Å²) in [5.74, 6) is 0. The highest BCUT2D eigenvalue weighted by atomic mass is 79.9. The Labute approximate surface area is 134 Å². The van der Waals surface area contributed by atoms with Crippen molar-refractivity contribution in [2.24, 2.45) is 5.73 Å². The van der Waals surface area contributed by atoms with Crippen molar-refractivity contribution in [3.63, 3.8) is 0 Å². The van der Waals surface area contributed by atoms with Gasteiger partial charge in [0.2, 0.25) is 0 Å². The van der Waals surface area contributed by atoms with E-state index in [0.29, 0.717) is 4.99 Å². The van der Waals surface area contributed by atoms with Gasteiger partial charge in [0.05, 0.1) is 0 Å². The van der Waals surface area contributed by atoms with Crippen LogP contribution in [-0.2, 0) is 0 Å². The van der Waals surface area contributed by atoms with Gasteiger partial charge in [0.15, 0.2) is 0 Å². The number of hydrogen-bond donors (Lipinski definition) is 2. The van der Waals surface area contributed by atoms with Crippen molar-refractivity contribution in [2.45, 2.75) is 31.4 Å². The average molecular weight is 361 g/mol. The quantitative estimate of drug-likeness (QED) is 0.706. The third-order valence-electron chi connectivity index (χ3n) is 3.58. The molecule has 0 saturated heterocycles. The number of anilines is 1. The Balaban J connectivity index is 2.95. The van der Waals surface area contributed by atoms with E-state index in [2.05, 4.69) is 41.3 Å². The first-order chi connectivity index (χ1) is 8.99. The number of nitrogens with one attached hydrogen (secondary N) is 1. The molecule has 0 aliphatic rings. The maximum absolute atomic E-state index is 5.81. The van der Waals surface area contributed by atoms with Crippen LogP contribution in [0.2, 0.25) is 0 Å². The maximum Gasteiger partial charge on any atom is 0.107 e. The second kappa shape index (κ2) is 7.50. The van der Waals surface area contributed by atoms with Crippen LogP contribution in [0.15, 0.2) is 22.7 Å².